The highest BCUT2D eigenvalue weighted by atomic mass is 32.1. The lowest BCUT2D eigenvalue weighted by Crippen LogP contribution is -2.44. The number of nitrogens with one attached hydrogen (secondary N) is 2. The summed E-state index contributed by atoms with van der Waals surface area (Å²) in [7, 11) is 0. The van der Waals surface area contributed by atoms with Gasteiger partial charge >= 0.3 is 0 Å². The zero-order valence-corrected chi connectivity index (χ0v) is 20.3. The second-order valence-corrected chi connectivity index (χ2v) is 9.68. The number of rotatable bonds is 7. The second kappa shape index (κ2) is 10.0. The molecule has 4 N–H and O–H groups in total. The molecule has 1 aliphatic carbocycles. The molecular weight excluding hydrogens is 468 g/mol. The van der Waals surface area contributed by atoms with Crippen LogP contribution in [0.4, 0.5) is 5.82 Å². The summed E-state index contributed by atoms with van der Waals surface area (Å²) in [6.07, 6.45) is 4.69. The summed E-state index contributed by atoms with van der Waals surface area (Å²) >= 11 is 5.26. The van der Waals surface area contributed by atoms with Gasteiger partial charge in [0.15, 0.2) is 23.2 Å². The molecule has 2 fully saturated rings. The standard InChI is InChI=1S/C24H30N6O4S/c1-24(32)19(31)17(12-33-23(35)25-11-15-7-3-2-4-8-15)34-22(24)30-14-28-18-20(26-13-27-21(18)30)29-16-9-5-6-10-16/h2-4,7-8,13-14,16-17,19,22,31-32H,5-6,9-12H2,1H3,(H,25,35)(H,26,27,29)/t17-,19-,22-,24-/m1/s1. The van der Waals surface area contributed by atoms with Crippen LogP contribution in [0.5, 0.6) is 0 Å². The lowest BCUT2D eigenvalue weighted by Gasteiger charge is -2.27. The lowest BCUT2D eigenvalue weighted by atomic mass is 9.96. The predicted octanol–water partition coefficient (Wildman–Crippen LogP) is 2.28. The second-order valence-electron chi connectivity index (χ2n) is 9.31. The van der Waals surface area contributed by atoms with Crippen LogP contribution in [-0.2, 0) is 16.0 Å². The van der Waals surface area contributed by atoms with Crippen molar-refractivity contribution < 1.29 is 19.7 Å². The first-order valence-electron chi connectivity index (χ1n) is 11.9. The quantitative estimate of drug-likeness (QED) is 0.360. The van der Waals surface area contributed by atoms with Crippen molar-refractivity contribution >= 4 is 34.4 Å². The molecule has 3 heterocycles. The zero-order valence-electron chi connectivity index (χ0n) is 19.5. The molecule has 2 aliphatic rings. The van der Waals surface area contributed by atoms with E-state index in [1.807, 2.05) is 30.3 Å². The minimum atomic E-state index is -1.61. The Hall–Kier alpha value is -2.86. The number of imidazole rings is 1. The number of anilines is 1. The summed E-state index contributed by atoms with van der Waals surface area (Å²) in [4.78, 5) is 13.2. The number of hydrogen-bond donors (Lipinski definition) is 4. The van der Waals surface area contributed by atoms with E-state index in [-0.39, 0.29) is 11.8 Å². The molecule has 10 nitrogen and oxygen atoms in total. The Kier molecular flexibility index (Phi) is 6.83. The van der Waals surface area contributed by atoms with Crippen LogP contribution in [0.25, 0.3) is 11.2 Å². The number of fused-ring (bicyclic) bond motifs is 1. The summed E-state index contributed by atoms with van der Waals surface area (Å²) in [5, 5.41) is 28.7. The van der Waals surface area contributed by atoms with E-state index in [9.17, 15) is 10.2 Å². The van der Waals surface area contributed by atoms with Gasteiger partial charge in [-0.05, 0) is 37.5 Å². The van der Waals surface area contributed by atoms with Gasteiger partial charge in [-0.15, -0.1) is 0 Å². The Morgan fingerprint density at radius 3 is 2.77 bits per heavy atom. The van der Waals surface area contributed by atoms with Crippen molar-refractivity contribution in [3.05, 3.63) is 48.5 Å². The van der Waals surface area contributed by atoms with Crippen LogP contribution in [0.2, 0.25) is 0 Å². The van der Waals surface area contributed by atoms with Gasteiger partial charge in [-0.3, -0.25) is 4.57 Å². The first kappa shape index (κ1) is 23.9. The van der Waals surface area contributed by atoms with Crippen molar-refractivity contribution in [3.8, 4) is 0 Å². The van der Waals surface area contributed by atoms with E-state index in [1.54, 1.807) is 10.9 Å². The number of hydrogen-bond acceptors (Lipinski definition) is 9. The molecule has 1 saturated heterocycles. The molecule has 0 amide bonds. The Morgan fingerprint density at radius 2 is 2.00 bits per heavy atom. The average Bonchev–Trinajstić information content (AvgIpc) is 3.58. The molecule has 11 heteroatoms. The van der Waals surface area contributed by atoms with E-state index in [0.717, 1.165) is 18.4 Å². The number of thiocarbonyl (C=S) groups is 1. The van der Waals surface area contributed by atoms with Crippen LogP contribution in [0.15, 0.2) is 43.0 Å². The molecule has 186 valence electrons. The maximum absolute atomic E-state index is 11.2. The van der Waals surface area contributed by atoms with Gasteiger partial charge in [-0.25, -0.2) is 15.0 Å². The number of aliphatic hydroxyl groups excluding tert-OH is 1. The van der Waals surface area contributed by atoms with Crippen LogP contribution in [0, 0.1) is 0 Å². The fraction of sp³-hybridized carbons (Fsp3) is 0.500. The molecule has 3 aromatic rings. The van der Waals surface area contributed by atoms with E-state index < -0.39 is 24.0 Å². The van der Waals surface area contributed by atoms with Gasteiger partial charge in [0.05, 0.1) is 6.33 Å². The molecule has 2 aromatic heterocycles. The smallest absolute Gasteiger partial charge is 0.256 e. The van der Waals surface area contributed by atoms with Crippen LogP contribution in [0.3, 0.4) is 0 Å². The molecule has 35 heavy (non-hydrogen) atoms. The SMILES string of the molecule is C[C@@]1(O)[C@H](O)[C@@H](COC(=S)NCc2ccccc2)O[C@H]1n1cnc2c(NC3CCCC3)ncnc21. The van der Waals surface area contributed by atoms with Crippen LogP contribution in [0.1, 0.15) is 44.4 Å². The topological polar surface area (TPSA) is 127 Å². The molecule has 0 bridgehead atoms. The monoisotopic (exact) mass is 498 g/mol. The maximum Gasteiger partial charge on any atom is 0.256 e. The molecule has 0 radical (unpaired) electrons. The third-order valence-electron chi connectivity index (χ3n) is 6.72. The highest BCUT2D eigenvalue weighted by molar-refractivity contribution is 7.80. The van der Waals surface area contributed by atoms with Gasteiger partial charge in [0.2, 0.25) is 0 Å². The number of nitrogens with zero attached hydrogens (tertiary/aromatic N) is 4. The molecule has 0 unspecified atom stereocenters. The van der Waals surface area contributed by atoms with E-state index in [2.05, 4.69) is 25.6 Å². The highest BCUT2D eigenvalue weighted by Gasteiger charge is 2.53. The maximum atomic E-state index is 11.2. The van der Waals surface area contributed by atoms with Crippen LogP contribution >= 0.6 is 12.2 Å². The largest absolute Gasteiger partial charge is 0.468 e. The fourth-order valence-corrected chi connectivity index (χ4v) is 4.89. The van der Waals surface area contributed by atoms with E-state index in [1.165, 1.54) is 26.1 Å². The Labute approximate surface area is 208 Å². The summed E-state index contributed by atoms with van der Waals surface area (Å²) < 4.78 is 13.3. The van der Waals surface area contributed by atoms with Gasteiger partial charge < -0.3 is 30.3 Å². The summed E-state index contributed by atoms with van der Waals surface area (Å²) in [6.45, 7) is 2.02. The van der Waals surface area contributed by atoms with Crippen molar-refractivity contribution in [1.29, 1.82) is 0 Å². The summed E-state index contributed by atoms with van der Waals surface area (Å²) in [5.74, 6) is 0.661. The molecular formula is C24H30N6O4S. The predicted molar refractivity (Wildman–Crippen MR) is 134 cm³/mol. The third-order valence-corrected chi connectivity index (χ3v) is 6.98. The number of aliphatic hydroxyl groups is 2. The van der Waals surface area contributed by atoms with Gasteiger partial charge in [0.25, 0.3) is 5.17 Å². The summed E-state index contributed by atoms with van der Waals surface area (Å²) in [6, 6.07) is 10.2. The first-order valence-corrected chi connectivity index (χ1v) is 12.3. The van der Waals surface area contributed by atoms with Crippen molar-refractivity contribution in [2.45, 2.75) is 69.2 Å². The van der Waals surface area contributed by atoms with Gasteiger partial charge in [0, 0.05) is 12.6 Å². The number of aromatic nitrogens is 4. The number of ether oxygens (including phenoxy) is 2. The van der Waals surface area contributed by atoms with Crippen molar-refractivity contribution in [1.82, 2.24) is 24.8 Å². The highest BCUT2D eigenvalue weighted by Crippen LogP contribution is 2.40. The third kappa shape index (κ3) is 4.94. The van der Waals surface area contributed by atoms with Gasteiger partial charge in [-0.1, -0.05) is 43.2 Å². The van der Waals surface area contributed by atoms with E-state index >= 15 is 0 Å². The average molecular weight is 499 g/mol. The van der Waals surface area contributed by atoms with Crippen molar-refractivity contribution in [2.75, 3.05) is 11.9 Å². The van der Waals surface area contributed by atoms with Gasteiger partial charge in [0.1, 0.15) is 30.7 Å². The minimum Gasteiger partial charge on any atom is -0.468 e. The van der Waals surface area contributed by atoms with Crippen molar-refractivity contribution in [3.63, 3.8) is 0 Å². The fourth-order valence-electron chi connectivity index (χ4n) is 4.75. The molecule has 4 atom stereocenters. The zero-order chi connectivity index (χ0) is 24.4. The Balaban J connectivity index is 1.26. The molecule has 1 saturated carbocycles. The first-order chi connectivity index (χ1) is 16.9. The van der Waals surface area contributed by atoms with Crippen LogP contribution in [-0.4, -0.2) is 65.4 Å². The molecule has 1 aliphatic heterocycles. The van der Waals surface area contributed by atoms with E-state index in [0.29, 0.717) is 29.6 Å². The lowest BCUT2D eigenvalue weighted by molar-refractivity contribution is -0.0949. The van der Waals surface area contributed by atoms with Crippen molar-refractivity contribution in [2.24, 2.45) is 0 Å². The molecule has 1 aromatic carbocycles. The molecule has 0 spiro atoms. The molecule has 5 rings (SSSR count). The Bertz CT molecular complexity index is 1170. The minimum absolute atomic E-state index is 0.0233. The van der Waals surface area contributed by atoms with E-state index in [4.69, 9.17) is 21.7 Å². The number of benzene rings is 1. The van der Waals surface area contributed by atoms with Gasteiger partial charge in [-0.2, -0.15) is 0 Å². The Morgan fingerprint density at radius 1 is 1.23 bits per heavy atom. The van der Waals surface area contributed by atoms with Crippen LogP contribution < -0.4 is 10.6 Å². The summed E-state index contributed by atoms with van der Waals surface area (Å²) in [5.41, 5.74) is 0.568. The normalized spacial score (nSPS) is 26.8.